The third-order valence-electron chi connectivity index (χ3n) is 4.01. The molecule has 0 bridgehead atoms. The van der Waals surface area contributed by atoms with Crippen molar-refractivity contribution in [2.45, 2.75) is 17.4 Å². The third-order valence-corrected chi connectivity index (χ3v) is 4.95. The number of aromatic amines is 1. The van der Waals surface area contributed by atoms with Crippen molar-refractivity contribution in [3.05, 3.63) is 66.1 Å². The second kappa shape index (κ2) is 6.76. The van der Waals surface area contributed by atoms with Gasteiger partial charge in [0.1, 0.15) is 5.82 Å². The molecule has 4 aromatic rings. The lowest BCUT2D eigenvalue weighted by molar-refractivity contribution is 0.0995. The number of para-hydroxylation sites is 1. The molecule has 0 fully saturated rings. The van der Waals surface area contributed by atoms with Crippen molar-refractivity contribution in [3.63, 3.8) is 0 Å². The average Bonchev–Trinajstić information content (AvgIpc) is 3.28. The molecule has 0 aliphatic carbocycles. The van der Waals surface area contributed by atoms with E-state index < -0.39 is 11.1 Å². The van der Waals surface area contributed by atoms with Gasteiger partial charge in [-0.3, -0.25) is 4.79 Å². The zero-order valence-electron chi connectivity index (χ0n) is 13.8. The van der Waals surface area contributed by atoms with Crippen LogP contribution in [0, 0.1) is 5.82 Å². The van der Waals surface area contributed by atoms with Gasteiger partial charge >= 0.3 is 0 Å². The molecule has 130 valence electrons. The summed E-state index contributed by atoms with van der Waals surface area (Å²) in [5, 5.41) is 8.47. The van der Waals surface area contributed by atoms with Crippen molar-refractivity contribution >= 4 is 28.4 Å². The largest absolute Gasteiger partial charge is 0.411 e. The molecule has 0 saturated carbocycles. The minimum absolute atomic E-state index is 0.0434. The monoisotopic (exact) mass is 367 g/mol. The number of carbonyl (C=O) groups excluding carboxylic acids is 1. The van der Waals surface area contributed by atoms with Gasteiger partial charge in [-0.15, -0.1) is 10.2 Å². The highest BCUT2D eigenvalue weighted by Gasteiger charge is 2.22. The summed E-state index contributed by atoms with van der Waals surface area (Å²) in [6, 6.07) is 13.8. The van der Waals surface area contributed by atoms with Gasteiger partial charge in [-0.25, -0.2) is 4.39 Å². The fourth-order valence-corrected chi connectivity index (χ4v) is 3.45. The second-order valence-electron chi connectivity index (χ2n) is 5.73. The molecular formula is C19H14FN3O2S. The van der Waals surface area contributed by atoms with Gasteiger partial charge in [0.2, 0.25) is 0 Å². The Labute approximate surface area is 152 Å². The number of aromatic nitrogens is 3. The van der Waals surface area contributed by atoms with Crippen LogP contribution in [0.4, 0.5) is 4.39 Å². The van der Waals surface area contributed by atoms with E-state index in [2.05, 4.69) is 15.2 Å². The molecule has 0 saturated heterocycles. The van der Waals surface area contributed by atoms with Crippen LogP contribution in [0.5, 0.6) is 0 Å². The van der Waals surface area contributed by atoms with E-state index in [1.807, 2.05) is 24.3 Å². The Morgan fingerprint density at radius 3 is 2.77 bits per heavy atom. The summed E-state index contributed by atoms with van der Waals surface area (Å²) in [6.07, 6.45) is 1.71. The molecule has 4 rings (SSSR count). The molecule has 2 heterocycles. The number of halogens is 1. The first-order valence-corrected chi connectivity index (χ1v) is 8.87. The summed E-state index contributed by atoms with van der Waals surface area (Å²) in [5.74, 6) is -0.383. The lowest BCUT2D eigenvalue weighted by Crippen LogP contribution is -2.13. The van der Waals surface area contributed by atoms with Crippen LogP contribution in [0.3, 0.4) is 0 Å². The lowest BCUT2D eigenvalue weighted by Gasteiger charge is -2.06. The number of thioether (sulfide) groups is 1. The summed E-state index contributed by atoms with van der Waals surface area (Å²) in [5.41, 5.74) is 1.77. The van der Waals surface area contributed by atoms with E-state index in [1.54, 1.807) is 31.3 Å². The number of H-pyrrole nitrogens is 1. The standard InChI is InChI=1S/C19H14FN3O2S/c1-11(17(24)14-10-21-16-9-5-3-6-12(14)16)26-19-23-22-18(25-19)13-7-2-4-8-15(13)20/h2-11,21H,1H3. The maximum Gasteiger partial charge on any atom is 0.277 e. The number of fused-ring (bicyclic) bond motifs is 1. The Morgan fingerprint density at radius 2 is 1.92 bits per heavy atom. The first-order chi connectivity index (χ1) is 12.6. The molecule has 1 atom stereocenters. The fourth-order valence-electron chi connectivity index (χ4n) is 2.70. The van der Waals surface area contributed by atoms with E-state index >= 15 is 0 Å². The predicted octanol–water partition coefficient (Wildman–Crippen LogP) is 4.72. The van der Waals surface area contributed by atoms with Gasteiger partial charge in [0.25, 0.3) is 11.1 Å². The number of nitrogens with one attached hydrogen (secondary N) is 1. The summed E-state index contributed by atoms with van der Waals surface area (Å²) in [6.45, 7) is 1.78. The molecule has 0 aliphatic rings. The molecule has 1 unspecified atom stereocenters. The van der Waals surface area contributed by atoms with Crippen molar-refractivity contribution in [1.82, 2.24) is 15.2 Å². The van der Waals surface area contributed by atoms with E-state index in [0.717, 1.165) is 22.7 Å². The number of ketones is 1. The van der Waals surface area contributed by atoms with Crippen LogP contribution in [0.25, 0.3) is 22.4 Å². The predicted molar refractivity (Wildman–Crippen MR) is 97.6 cm³/mol. The lowest BCUT2D eigenvalue weighted by atomic mass is 10.1. The molecule has 1 N–H and O–H groups in total. The number of benzene rings is 2. The molecule has 0 spiro atoms. The highest BCUT2D eigenvalue weighted by Crippen LogP contribution is 2.30. The van der Waals surface area contributed by atoms with Crippen molar-refractivity contribution in [3.8, 4) is 11.5 Å². The van der Waals surface area contributed by atoms with Gasteiger partial charge in [0.15, 0.2) is 5.78 Å². The number of hydrogen-bond donors (Lipinski definition) is 1. The number of rotatable bonds is 5. The van der Waals surface area contributed by atoms with Crippen LogP contribution < -0.4 is 0 Å². The molecule has 7 heteroatoms. The SMILES string of the molecule is CC(Sc1nnc(-c2ccccc2F)o1)C(=O)c1c[nH]c2ccccc12. The van der Waals surface area contributed by atoms with Crippen molar-refractivity contribution < 1.29 is 13.6 Å². The summed E-state index contributed by atoms with van der Waals surface area (Å²) in [4.78, 5) is 15.9. The molecular weight excluding hydrogens is 353 g/mol. The first-order valence-electron chi connectivity index (χ1n) is 7.99. The molecule has 2 aromatic heterocycles. The highest BCUT2D eigenvalue weighted by molar-refractivity contribution is 8.00. The molecule has 0 aliphatic heterocycles. The van der Waals surface area contributed by atoms with Gasteiger partial charge in [-0.2, -0.15) is 0 Å². The van der Waals surface area contributed by atoms with E-state index in [0.29, 0.717) is 5.56 Å². The quantitative estimate of drug-likeness (QED) is 0.408. The minimum atomic E-state index is -0.435. The fraction of sp³-hybridized carbons (Fsp3) is 0.105. The summed E-state index contributed by atoms with van der Waals surface area (Å²) in [7, 11) is 0. The van der Waals surface area contributed by atoms with Crippen LogP contribution in [0.2, 0.25) is 0 Å². The van der Waals surface area contributed by atoms with Gasteiger partial charge in [-0.05, 0) is 25.1 Å². The average molecular weight is 367 g/mol. The smallest absolute Gasteiger partial charge is 0.277 e. The Kier molecular flexibility index (Phi) is 4.30. The topological polar surface area (TPSA) is 71.8 Å². The number of carbonyl (C=O) groups is 1. The highest BCUT2D eigenvalue weighted by atomic mass is 32.2. The Hall–Kier alpha value is -2.93. The van der Waals surface area contributed by atoms with Crippen LogP contribution in [0.15, 0.2) is 64.4 Å². The van der Waals surface area contributed by atoms with Crippen LogP contribution in [-0.2, 0) is 0 Å². The second-order valence-corrected chi connectivity index (χ2v) is 7.02. The van der Waals surface area contributed by atoms with E-state index in [4.69, 9.17) is 4.42 Å². The summed E-state index contributed by atoms with van der Waals surface area (Å²) >= 11 is 1.15. The molecule has 0 radical (unpaired) electrons. The van der Waals surface area contributed by atoms with Crippen LogP contribution in [-0.4, -0.2) is 26.2 Å². The van der Waals surface area contributed by atoms with Crippen molar-refractivity contribution in [2.24, 2.45) is 0 Å². The van der Waals surface area contributed by atoms with Gasteiger partial charge < -0.3 is 9.40 Å². The van der Waals surface area contributed by atoms with Crippen molar-refractivity contribution in [2.75, 3.05) is 0 Å². The van der Waals surface area contributed by atoms with E-state index in [9.17, 15) is 9.18 Å². The first kappa shape index (κ1) is 16.5. The van der Waals surface area contributed by atoms with Gasteiger partial charge in [0, 0.05) is 22.7 Å². The maximum absolute atomic E-state index is 13.8. The van der Waals surface area contributed by atoms with Crippen molar-refractivity contribution in [1.29, 1.82) is 0 Å². The maximum atomic E-state index is 13.8. The molecule has 26 heavy (non-hydrogen) atoms. The van der Waals surface area contributed by atoms with Gasteiger partial charge in [-0.1, -0.05) is 42.1 Å². The summed E-state index contributed by atoms with van der Waals surface area (Å²) < 4.78 is 19.3. The number of hydrogen-bond acceptors (Lipinski definition) is 5. The normalized spacial score (nSPS) is 12.4. The minimum Gasteiger partial charge on any atom is -0.411 e. The van der Waals surface area contributed by atoms with E-state index in [-0.39, 0.29) is 22.5 Å². The zero-order chi connectivity index (χ0) is 18.1. The Morgan fingerprint density at radius 1 is 1.15 bits per heavy atom. The Balaban J connectivity index is 1.54. The third kappa shape index (κ3) is 3.01. The van der Waals surface area contributed by atoms with Crippen LogP contribution >= 0.6 is 11.8 Å². The van der Waals surface area contributed by atoms with Gasteiger partial charge in [0.05, 0.1) is 10.8 Å². The van der Waals surface area contributed by atoms with E-state index in [1.165, 1.54) is 6.07 Å². The van der Waals surface area contributed by atoms with Crippen LogP contribution in [0.1, 0.15) is 17.3 Å². The number of Topliss-reactive ketones (excluding diaryl/α,β-unsaturated/α-hetero) is 1. The molecule has 2 aromatic carbocycles. The molecule has 0 amide bonds. The number of nitrogens with zero attached hydrogens (tertiary/aromatic N) is 2. The molecule has 5 nitrogen and oxygen atoms in total. The zero-order valence-corrected chi connectivity index (χ0v) is 14.6. The Bertz CT molecular complexity index is 1090.